The van der Waals surface area contributed by atoms with E-state index in [0.717, 1.165) is 17.1 Å². The van der Waals surface area contributed by atoms with Crippen molar-refractivity contribution in [3.05, 3.63) is 259 Å². The molecule has 0 spiro atoms. The van der Waals surface area contributed by atoms with Crippen LogP contribution in [0.3, 0.4) is 0 Å². The molecule has 0 fully saturated rings. The molecule has 1 aliphatic rings. The lowest BCUT2D eigenvalue weighted by Gasteiger charge is -2.35. The van der Waals surface area contributed by atoms with Gasteiger partial charge in [0, 0.05) is 17.1 Å². The van der Waals surface area contributed by atoms with E-state index in [2.05, 4.69) is 241 Å². The lowest BCUT2D eigenvalue weighted by atomic mass is 9.67. The van der Waals surface area contributed by atoms with E-state index in [9.17, 15) is 0 Å². The molecule has 0 aliphatic heterocycles. The second-order valence-corrected chi connectivity index (χ2v) is 15.3. The van der Waals surface area contributed by atoms with Gasteiger partial charge in [0.2, 0.25) is 0 Å². The molecule has 0 radical (unpaired) electrons. The van der Waals surface area contributed by atoms with Crippen molar-refractivity contribution in [2.45, 2.75) is 5.41 Å². The molecule has 0 amide bonds. The molecule has 58 heavy (non-hydrogen) atoms. The van der Waals surface area contributed by atoms with Crippen LogP contribution in [0.25, 0.3) is 54.9 Å². The SMILES string of the molecule is c1ccc(-c2ccc(N(c3ccc4c(c3)C(c3ccccc3)(c3ccccc3)c3ccccc3-4)c3ccc4ccc5ccc(-c6ccccc6)cc5c4c3)cc2)cc1. The number of benzene rings is 10. The van der Waals surface area contributed by atoms with Gasteiger partial charge in [-0.15, -0.1) is 0 Å². The molecule has 0 bridgehead atoms. The minimum absolute atomic E-state index is 0.499. The van der Waals surface area contributed by atoms with E-state index >= 15 is 0 Å². The molecular formula is C57H39N. The molecule has 10 aromatic rings. The van der Waals surface area contributed by atoms with Crippen LogP contribution in [0, 0.1) is 0 Å². The topological polar surface area (TPSA) is 3.24 Å². The maximum absolute atomic E-state index is 2.46. The van der Waals surface area contributed by atoms with E-state index in [-0.39, 0.29) is 0 Å². The summed E-state index contributed by atoms with van der Waals surface area (Å²) in [5.41, 5.74) is 15.3. The Bertz CT molecular complexity index is 3040. The lowest BCUT2D eigenvalue weighted by molar-refractivity contribution is 0.768. The molecule has 272 valence electrons. The number of fused-ring (bicyclic) bond motifs is 6. The molecule has 10 aromatic carbocycles. The van der Waals surface area contributed by atoms with Crippen LogP contribution < -0.4 is 4.90 Å². The average Bonchev–Trinajstić information content (AvgIpc) is 3.60. The van der Waals surface area contributed by atoms with Gasteiger partial charge in [-0.05, 0) is 120 Å². The molecule has 0 N–H and O–H groups in total. The standard InChI is InChI=1S/C57H39N/c1-5-15-40(16-6-1)42-29-32-48(33-30-42)58(49-34-31-44-26-25-43-27-28-45(37-53(43)54(44)38-49)41-17-7-2-8-18-41)50-35-36-52-51-23-13-14-24-55(51)57(56(52)39-50,46-19-9-3-10-20-46)47-21-11-4-12-22-47/h1-39H. The van der Waals surface area contributed by atoms with Gasteiger partial charge in [-0.2, -0.15) is 0 Å². The molecule has 1 heteroatoms. The smallest absolute Gasteiger partial charge is 0.0714 e. The molecular weight excluding hydrogens is 699 g/mol. The number of rotatable bonds is 7. The Morgan fingerprint density at radius 3 is 1.36 bits per heavy atom. The third kappa shape index (κ3) is 5.47. The second-order valence-electron chi connectivity index (χ2n) is 15.3. The summed E-state index contributed by atoms with van der Waals surface area (Å²) in [6.45, 7) is 0. The number of anilines is 3. The van der Waals surface area contributed by atoms with Crippen LogP contribution in [0.4, 0.5) is 17.1 Å². The van der Waals surface area contributed by atoms with Gasteiger partial charge in [-0.25, -0.2) is 0 Å². The Labute approximate surface area is 339 Å². The zero-order valence-corrected chi connectivity index (χ0v) is 32.0. The predicted molar refractivity (Wildman–Crippen MR) is 244 cm³/mol. The van der Waals surface area contributed by atoms with Crippen LogP contribution in [0.5, 0.6) is 0 Å². The molecule has 0 unspecified atom stereocenters. The third-order valence-corrected chi connectivity index (χ3v) is 12.1. The van der Waals surface area contributed by atoms with Crippen molar-refractivity contribution in [2.75, 3.05) is 4.90 Å². The van der Waals surface area contributed by atoms with Crippen molar-refractivity contribution in [1.82, 2.24) is 0 Å². The van der Waals surface area contributed by atoms with E-state index in [0.29, 0.717) is 0 Å². The Morgan fingerprint density at radius 2 is 0.707 bits per heavy atom. The van der Waals surface area contributed by atoms with Crippen molar-refractivity contribution < 1.29 is 0 Å². The summed E-state index contributed by atoms with van der Waals surface area (Å²) < 4.78 is 0. The number of nitrogens with zero attached hydrogens (tertiary/aromatic N) is 1. The zero-order chi connectivity index (χ0) is 38.5. The summed E-state index contributed by atoms with van der Waals surface area (Å²) >= 11 is 0. The van der Waals surface area contributed by atoms with E-state index in [4.69, 9.17) is 0 Å². The molecule has 0 saturated carbocycles. The minimum Gasteiger partial charge on any atom is -0.310 e. The Morgan fingerprint density at radius 1 is 0.276 bits per heavy atom. The fourth-order valence-electron chi connectivity index (χ4n) is 9.44. The monoisotopic (exact) mass is 737 g/mol. The highest BCUT2D eigenvalue weighted by atomic mass is 15.1. The van der Waals surface area contributed by atoms with Crippen LogP contribution in [-0.4, -0.2) is 0 Å². The summed E-state index contributed by atoms with van der Waals surface area (Å²) in [6.07, 6.45) is 0. The highest BCUT2D eigenvalue weighted by Gasteiger charge is 2.46. The highest BCUT2D eigenvalue weighted by Crippen LogP contribution is 2.57. The van der Waals surface area contributed by atoms with Gasteiger partial charge < -0.3 is 4.90 Å². The van der Waals surface area contributed by atoms with E-state index in [1.54, 1.807) is 0 Å². The highest BCUT2D eigenvalue weighted by molar-refractivity contribution is 6.10. The van der Waals surface area contributed by atoms with Gasteiger partial charge in [0.15, 0.2) is 0 Å². The van der Waals surface area contributed by atoms with Gasteiger partial charge in [-0.1, -0.05) is 194 Å². The molecule has 0 aromatic heterocycles. The van der Waals surface area contributed by atoms with Crippen molar-refractivity contribution in [2.24, 2.45) is 0 Å². The molecule has 1 nitrogen and oxygen atoms in total. The molecule has 0 atom stereocenters. The number of hydrogen-bond donors (Lipinski definition) is 0. The molecule has 11 rings (SSSR count). The fourth-order valence-corrected chi connectivity index (χ4v) is 9.44. The van der Waals surface area contributed by atoms with Gasteiger partial charge in [0.25, 0.3) is 0 Å². The predicted octanol–water partition coefficient (Wildman–Crippen LogP) is 15.2. The lowest BCUT2D eigenvalue weighted by Crippen LogP contribution is -2.28. The first-order valence-corrected chi connectivity index (χ1v) is 20.1. The number of hydrogen-bond acceptors (Lipinski definition) is 1. The Kier molecular flexibility index (Phi) is 8.12. The van der Waals surface area contributed by atoms with Crippen molar-refractivity contribution in [3.8, 4) is 33.4 Å². The summed E-state index contributed by atoms with van der Waals surface area (Å²) in [7, 11) is 0. The normalized spacial score (nSPS) is 12.6. The maximum atomic E-state index is 2.46. The third-order valence-electron chi connectivity index (χ3n) is 12.1. The first-order valence-electron chi connectivity index (χ1n) is 20.1. The van der Waals surface area contributed by atoms with Gasteiger partial charge in [0.05, 0.1) is 5.41 Å². The van der Waals surface area contributed by atoms with Gasteiger partial charge in [0.1, 0.15) is 0 Å². The summed E-state index contributed by atoms with van der Waals surface area (Å²) in [5.74, 6) is 0. The first kappa shape index (κ1) is 33.8. The van der Waals surface area contributed by atoms with E-state index in [1.807, 2.05) is 0 Å². The van der Waals surface area contributed by atoms with Gasteiger partial charge >= 0.3 is 0 Å². The quantitative estimate of drug-likeness (QED) is 0.147. The average molecular weight is 738 g/mol. The van der Waals surface area contributed by atoms with Crippen molar-refractivity contribution in [3.63, 3.8) is 0 Å². The summed E-state index contributed by atoms with van der Waals surface area (Å²) in [4.78, 5) is 2.44. The van der Waals surface area contributed by atoms with E-state index in [1.165, 1.54) is 77.2 Å². The second kappa shape index (κ2) is 13.9. The fraction of sp³-hybridized carbons (Fsp3) is 0.0175. The van der Waals surface area contributed by atoms with Crippen LogP contribution in [-0.2, 0) is 5.41 Å². The van der Waals surface area contributed by atoms with Crippen LogP contribution in [0.1, 0.15) is 22.3 Å². The largest absolute Gasteiger partial charge is 0.310 e. The van der Waals surface area contributed by atoms with Crippen LogP contribution in [0.2, 0.25) is 0 Å². The van der Waals surface area contributed by atoms with E-state index < -0.39 is 5.41 Å². The van der Waals surface area contributed by atoms with Crippen LogP contribution >= 0.6 is 0 Å². The molecule has 1 aliphatic carbocycles. The summed E-state index contributed by atoms with van der Waals surface area (Å²) in [5, 5.41) is 4.93. The maximum Gasteiger partial charge on any atom is 0.0714 e. The Hall–Kier alpha value is -7.48. The first-order chi connectivity index (χ1) is 28.8. The Balaban J connectivity index is 1.15. The molecule has 0 saturated heterocycles. The van der Waals surface area contributed by atoms with Crippen LogP contribution in [0.15, 0.2) is 237 Å². The van der Waals surface area contributed by atoms with Gasteiger partial charge in [-0.3, -0.25) is 0 Å². The van der Waals surface area contributed by atoms with Crippen molar-refractivity contribution >= 4 is 38.6 Å². The zero-order valence-electron chi connectivity index (χ0n) is 32.0. The summed E-state index contributed by atoms with van der Waals surface area (Å²) in [6, 6.07) is 86.9. The minimum atomic E-state index is -0.499. The van der Waals surface area contributed by atoms with Crippen molar-refractivity contribution in [1.29, 1.82) is 0 Å². The molecule has 0 heterocycles.